The van der Waals surface area contributed by atoms with Gasteiger partial charge in [-0.15, -0.1) is 0 Å². The lowest BCUT2D eigenvalue weighted by Gasteiger charge is -2.05. The molecule has 1 aromatic heterocycles. The molecule has 0 amide bonds. The van der Waals surface area contributed by atoms with Gasteiger partial charge in [-0.25, -0.2) is 4.98 Å². The first kappa shape index (κ1) is 10.7. The number of rotatable bonds is 2. The zero-order chi connectivity index (χ0) is 10.9. The monoisotopic (exact) mass is 207 g/mol. The van der Waals surface area contributed by atoms with Gasteiger partial charge >= 0.3 is 6.18 Å². The van der Waals surface area contributed by atoms with Crippen molar-refractivity contribution in [2.24, 2.45) is 0 Å². The van der Waals surface area contributed by atoms with Crippen LogP contribution in [0.4, 0.5) is 13.2 Å². The molecule has 0 bridgehead atoms. The molecule has 0 aliphatic heterocycles. The Balaban J connectivity index is 3.22. The van der Waals surface area contributed by atoms with E-state index in [1.165, 1.54) is 13.8 Å². The standard InChI is InChI=1S/C8H8F3NO2/c1-4(3-13)6-7(8(9,10)11)14-5(2)12-6/h3-4H,1-2H3. The number of hydrogen-bond donors (Lipinski definition) is 0. The second kappa shape index (κ2) is 3.43. The highest BCUT2D eigenvalue weighted by Gasteiger charge is 2.40. The Labute approximate surface area is 77.9 Å². The summed E-state index contributed by atoms with van der Waals surface area (Å²) in [5.74, 6) is -2.19. The van der Waals surface area contributed by atoms with Crippen molar-refractivity contribution >= 4 is 6.29 Å². The topological polar surface area (TPSA) is 43.1 Å². The van der Waals surface area contributed by atoms with E-state index in [0.717, 1.165) is 0 Å². The van der Waals surface area contributed by atoms with Crippen molar-refractivity contribution in [3.8, 4) is 0 Å². The van der Waals surface area contributed by atoms with E-state index in [4.69, 9.17) is 0 Å². The van der Waals surface area contributed by atoms with Gasteiger partial charge in [0.15, 0.2) is 5.89 Å². The predicted octanol–water partition coefficient (Wildman–Crippen LogP) is 2.30. The molecule has 1 heterocycles. The third-order valence-electron chi connectivity index (χ3n) is 1.65. The number of hydrogen-bond acceptors (Lipinski definition) is 3. The molecule has 3 nitrogen and oxygen atoms in total. The predicted molar refractivity (Wildman–Crippen MR) is 40.7 cm³/mol. The molecule has 0 aliphatic carbocycles. The molecule has 1 atom stereocenters. The summed E-state index contributed by atoms with van der Waals surface area (Å²) in [6.45, 7) is 2.63. The summed E-state index contributed by atoms with van der Waals surface area (Å²) in [5.41, 5.74) is -0.356. The van der Waals surface area contributed by atoms with E-state index in [1.54, 1.807) is 0 Å². The Hall–Kier alpha value is -1.33. The molecule has 1 unspecified atom stereocenters. The average molecular weight is 207 g/mol. The van der Waals surface area contributed by atoms with Crippen molar-refractivity contribution in [2.45, 2.75) is 25.9 Å². The second-order valence-electron chi connectivity index (χ2n) is 2.87. The van der Waals surface area contributed by atoms with E-state index in [2.05, 4.69) is 9.40 Å². The fourth-order valence-electron chi connectivity index (χ4n) is 1.02. The van der Waals surface area contributed by atoms with Crippen LogP contribution in [0.25, 0.3) is 0 Å². The number of oxazole rings is 1. The third kappa shape index (κ3) is 1.94. The smallest absolute Gasteiger partial charge is 0.436 e. The van der Waals surface area contributed by atoms with Crippen LogP contribution in [0.5, 0.6) is 0 Å². The van der Waals surface area contributed by atoms with Gasteiger partial charge < -0.3 is 9.21 Å². The lowest BCUT2D eigenvalue weighted by Crippen LogP contribution is -2.09. The molecule has 0 saturated carbocycles. The molecule has 0 radical (unpaired) electrons. The Bertz CT molecular complexity index is 343. The van der Waals surface area contributed by atoms with Gasteiger partial charge in [-0.1, -0.05) is 6.92 Å². The molecule has 0 aromatic carbocycles. The SMILES string of the molecule is Cc1nc(C(C)C=O)c(C(F)(F)F)o1. The summed E-state index contributed by atoms with van der Waals surface area (Å²) >= 11 is 0. The average Bonchev–Trinajstić information content (AvgIpc) is 2.45. The largest absolute Gasteiger partial charge is 0.451 e. The van der Waals surface area contributed by atoms with Crippen LogP contribution in [0.3, 0.4) is 0 Å². The van der Waals surface area contributed by atoms with Crippen LogP contribution in [0.2, 0.25) is 0 Å². The van der Waals surface area contributed by atoms with Gasteiger partial charge in [0, 0.05) is 6.92 Å². The lowest BCUT2D eigenvalue weighted by molar-refractivity contribution is -0.154. The number of aryl methyl sites for hydroxylation is 1. The van der Waals surface area contributed by atoms with E-state index in [9.17, 15) is 18.0 Å². The highest BCUT2D eigenvalue weighted by Crippen LogP contribution is 2.35. The van der Waals surface area contributed by atoms with Crippen LogP contribution >= 0.6 is 0 Å². The maximum atomic E-state index is 12.3. The van der Waals surface area contributed by atoms with Crippen molar-refractivity contribution in [3.05, 3.63) is 17.3 Å². The van der Waals surface area contributed by atoms with E-state index >= 15 is 0 Å². The van der Waals surface area contributed by atoms with Crippen LogP contribution < -0.4 is 0 Å². The van der Waals surface area contributed by atoms with Gasteiger partial charge in [-0.3, -0.25) is 0 Å². The van der Waals surface area contributed by atoms with Crippen LogP contribution in [0.15, 0.2) is 4.42 Å². The summed E-state index contributed by atoms with van der Waals surface area (Å²) in [6.07, 6.45) is -4.21. The maximum Gasteiger partial charge on any atom is 0.451 e. The fourth-order valence-corrected chi connectivity index (χ4v) is 1.02. The Kier molecular flexibility index (Phi) is 2.64. The Morgan fingerprint density at radius 2 is 2.07 bits per heavy atom. The third-order valence-corrected chi connectivity index (χ3v) is 1.65. The maximum absolute atomic E-state index is 12.3. The van der Waals surface area contributed by atoms with E-state index in [0.29, 0.717) is 6.29 Å². The van der Waals surface area contributed by atoms with Crippen LogP contribution in [0.1, 0.15) is 30.2 Å². The lowest BCUT2D eigenvalue weighted by atomic mass is 10.1. The number of aromatic nitrogens is 1. The molecule has 78 valence electrons. The first-order valence-corrected chi connectivity index (χ1v) is 3.86. The molecule has 1 rings (SSSR count). The number of carbonyl (C=O) groups excluding carboxylic acids is 1. The van der Waals surface area contributed by atoms with E-state index in [-0.39, 0.29) is 11.6 Å². The zero-order valence-electron chi connectivity index (χ0n) is 7.55. The number of carbonyl (C=O) groups is 1. The molecular weight excluding hydrogens is 199 g/mol. The van der Waals surface area contributed by atoms with E-state index < -0.39 is 17.9 Å². The normalized spacial score (nSPS) is 14.1. The van der Waals surface area contributed by atoms with Gasteiger partial charge in [0.2, 0.25) is 5.76 Å². The molecule has 14 heavy (non-hydrogen) atoms. The van der Waals surface area contributed by atoms with Crippen molar-refractivity contribution in [1.29, 1.82) is 0 Å². The van der Waals surface area contributed by atoms with Crippen molar-refractivity contribution in [2.75, 3.05) is 0 Å². The molecule has 6 heteroatoms. The van der Waals surface area contributed by atoms with Crippen LogP contribution in [-0.2, 0) is 11.0 Å². The van der Waals surface area contributed by atoms with Gasteiger partial charge in [-0.2, -0.15) is 13.2 Å². The quantitative estimate of drug-likeness (QED) is 0.699. The van der Waals surface area contributed by atoms with Crippen molar-refractivity contribution in [3.63, 3.8) is 0 Å². The molecule has 0 aliphatic rings. The van der Waals surface area contributed by atoms with Crippen molar-refractivity contribution in [1.82, 2.24) is 4.98 Å². The number of halogens is 3. The molecule has 1 aromatic rings. The number of alkyl halides is 3. The van der Waals surface area contributed by atoms with Gasteiger partial charge in [0.05, 0.1) is 5.92 Å². The van der Waals surface area contributed by atoms with Crippen LogP contribution in [-0.4, -0.2) is 11.3 Å². The zero-order valence-corrected chi connectivity index (χ0v) is 7.55. The Morgan fingerprint density at radius 1 is 1.50 bits per heavy atom. The first-order valence-electron chi connectivity index (χ1n) is 3.86. The highest BCUT2D eigenvalue weighted by atomic mass is 19.4. The molecule has 0 fully saturated rings. The molecular formula is C8H8F3NO2. The van der Waals surface area contributed by atoms with E-state index in [1.807, 2.05) is 0 Å². The number of nitrogens with zero attached hydrogens (tertiary/aromatic N) is 1. The minimum absolute atomic E-state index is 0.0963. The second-order valence-corrected chi connectivity index (χ2v) is 2.87. The molecule has 0 saturated heterocycles. The summed E-state index contributed by atoms with van der Waals surface area (Å²) in [4.78, 5) is 13.9. The fraction of sp³-hybridized carbons (Fsp3) is 0.500. The number of aldehydes is 1. The Morgan fingerprint density at radius 3 is 2.50 bits per heavy atom. The minimum atomic E-state index is -4.60. The molecule has 0 N–H and O–H groups in total. The minimum Gasteiger partial charge on any atom is -0.436 e. The molecule has 0 spiro atoms. The van der Waals surface area contributed by atoms with Gasteiger partial charge in [0.1, 0.15) is 12.0 Å². The van der Waals surface area contributed by atoms with Gasteiger partial charge in [0.25, 0.3) is 0 Å². The first-order chi connectivity index (χ1) is 6.36. The van der Waals surface area contributed by atoms with Gasteiger partial charge in [-0.05, 0) is 0 Å². The summed E-state index contributed by atoms with van der Waals surface area (Å²) in [5, 5.41) is 0. The highest BCUT2D eigenvalue weighted by molar-refractivity contribution is 5.60. The summed E-state index contributed by atoms with van der Waals surface area (Å²) < 4.78 is 41.3. The summed E-state index contributed by atoms with van der Waals surface area (Å²) in [7, 11) is 0. The summed E-state index contributed by atoms with van der Waals surface area (Å²) in [6, 6.07) is 0. The van der Waals surface area contributed by atoms with Crippen LogP contribution in [0, 0.1) is 6.92 Å². The van der Waals surface area contributed by atoms with Crippen molar-refractivity contribution < 1.29 is 22.4 Å².